The maximum absolute atomic E-state index is 13.1. The van der Waals surface area contributed by atoms with Crippen molar-refractivity contribution in [2.75, 3.05) is 5.32 Å². The van der Waals surface area contributed by atoms with E-state index in [1.54, 1.807) is 43.7 Å². The first kappa shape index (κ1) is 24.0. The third-order valence-corrected chi connectivity index (χ3v) is 6.57. The molecule has 1 saturated carbocycles. The van der Waals surface area contributed by atoms with Crippen LogP contribution in [-0.2, 0) is 11.8 Å². The smallest absolute Gasteiger partial charge is 0.294 e. The van der Waals surface area contributed by atoms with Gasteiger partial charge in [0.15, 0.2) is 0 Å². The van der Waals surface area contributed by atoms with E-state index in [2.05, 4.69) is 10.6 Å². The molecule has 0 bridgehead atoms. The topological polar surface area (TPSA) is 100 Å². The summed E-state index contributed by atoms with van der Waals surface area (Å²) in [5, 5.41) is 15.9. The van der Waals surface area contributed by atoms with Crippen LogP contribution in [0, 0.1) is 20.8 Å². The molecule has 1 aliphatic rings. The molecular formula is C24H30ClN3O4. The van der Waals surface area contributed by atoms with E-state index in [0.717, 1.165) is 5.56 Å². The molecule has 1 heterocycles. The molecule has 32 heavy (non-hydrogen) atoms. The Bertz CT molecular complexity index is 1060. The number of aliphatic hydroxyl groups is 1. The molecule has 2 aromatic rings. The molecule has 1 aliphatic carbocycles. The lowest BCUT2D eigenvalue weighted by Crippen LogP contribution is -2.51. The van der Waals surface area contributed by atoms with Crippen molar-refractivity contribution in [3.63, 3.8) is 0 Å². The fraction of sp³-hybridized carbons (Fsp3) is 0.458. The molecule has 0 saturated heterocycles. The van der Waals surface area contributed by atoms with Gasteiger partial charge in [-0.05, 0) is 82.7 Å². The number of ketones is 1. The van der Waals surface area contributed by atoms with Gasteiger partial charge in [0, 0.05) is 29.0 Å². The van der Waals surface area contributed by atoms with Gasteiger partial charge in [-0.15, -0.1) is 0 Å². The number of benzene rings is 1. The highest BCUT2D eigenvalue weighted by Crippen LogP contribution is 2.29. The summed E-state index contributed by atoms with van der Waals surface area (Å²) in [6.45, 7) is 7.18. The first-order valence-corrected chi connectivity index (χ1v) is 11.1. The molecule has 172 valence electrons. The van der Waals surface area contributed by atoms with E-state index in [9.17, 15) is 19.5 Å². The largest absolute Gasteiger partial charge is 0.393 e. The number of anilines is 1. The number of hydrogen-bond acceptors (Lipinski definition) is 4. The van der Waals surface area contributed by atoms with Gasteiger partial charge in [-0.25, -0.2) is 0 Å². The van der Waals surface area contributed by atoms with Crippen LogP contribution in [-0.4, -0.2) is 38.9 Å². The van der Waals surface area contributed by atoms with Crippen molar-refractivity contribution >= 4 is 34.9 Å². The van der Waals surface area contributed by atoms with Crippen molar-refractivity contribution in [2.24, 2.45) is 7.05 Å². The van der Waals surface area contributed by atoms with Gasteiger partial charge in [-0.3, -0.25) is 14.4 Å². The summed E-state index contributed by atoms with van der Waals surface area (Å²) in [6, 6.07) is 5.25. The summed E-state index contributed by atoms with van der Waals surface area (Å²) >= 11 is 6.09. The summed E-state index contributed by atoms with van der Waals surface area (Å²) in [4.78, 5) is 38.9. The van der Waals surface area contributed by atoms with Gasteiger partial charge in [0.1, 0.15) is 0 Å². The standard InChI is InChI=1S/C24H30ClN3O4/c1-13-10-16(25)12-17(11-13)26-22(31)19-14(2)20(28(5)15(19)3)21(30)23(32)27-24(4)8-6-18(29)7-9-24/h10-12,18,29H,6-9H2,1-5H3,(H,26,31)(H,27,32)/t18-,24-. The molecule has 7 nitrogen and oxygen atoms in total. The van der Waals surface area contributed by atoms with Crippen LogP contribution in [0.3, 0.4) is 0 Å². The van der Waals surface area contributed by atoms with Gasteiger partial charge >= 0.3 is 0 Å². The molecule has 1 aromatic carbocycles. The monoisotopic (exact) mass is 459 g/mol. The summed E-state index contributed by atoms with van der Waals surface area (Å²) in [5.41, 5.74) is 2.50. The maximum Gasteiger partial charge on any atom is 0.294 e. The normalized spacial score (nSPS) is 20.7. The summed E-state index contributed by atoms with van der Waals surface area (Å²) in [7, 11) is 1.67. The van der Waals surface area contributed by atoms with E-state index >= 15 is 0 Å². The molecule has 1 aromatic heterocycles. The number of aryl methyl sites for hydroxylation is 1. The highest BCUT2D eigenvalue weighted by Gasteiger charge is 2.35. The molecule has 0 atom stereocenters. The van der Waals surface area contributed by atoms with Crippen LogP contribution in [0.5, 0.6) is 0 Å². The quantitative estimate of drug-likeness (QED) is 0.467. The number of carbonyl (C=O) groups is 3. The number of Topliss-reactive ketones (excluding diaryl/α,β-unsaturated/α-hetero) is 1. The maximum atomic E-state index is 13.1. The predicted octanol–water partition coefficient (Wildman–Crippen LogP) is 3.85. The number of hydrogen-bond donors (Lipinski definition) is 3. The van der Waals surface area contributed by atoms with Crippen molar-refractivity contribution in [3.05, 3.63) is 51.3 Å². The lowest BCUT2D eigenvalue weighted by Gasteiger charge is -2.36. The molecule has 3 rings (SSSR count). The van der Waals surface area contributed by atoms with Crippen LogP contribution in [0.2, 0.25) is 5.02 Å². The van der Waals surface area contributed by atoms with Gasteiger partial charge in [0.25, 0.3) is 17.6 Å². The molecule has 1 fully saturated rings. The Morgan fingerprint density at radius 1 is 1.12 bits per heavy atom. The van der Waals surface area contributed by atoms with Crippen molar-refractivity contribution in [1.82, 2.24) is 9.88 Å². The van der Waals surface area contributed by atoms with E-state index in [1.165, 1.54) is 0 Å². The van der Waals surface area contributed by atoms with Gasteiger partial charge in [0.05, 0.1) is 17.4 Å². The lowest BCUT2D eigenvalue weighted by molar-refractivity contribution is -0.119. The Hall–Kier alpha value is -2.64. The second kappa shape index (κ2) is 9.08. The Labute approximate surface area is 193 Å². The molecule has 8 heteroatoms. The fourth-order valence-electron chi connectivity index (χ4n) is 4.44. The van der Waals surface area contributed by atoms with Crippen molar-refractivity contribution in [1.29, 1.82) is 0 Å². The molecule has 0 unspecified atom stereocenters. The number of halogens is 1. The average Bonchev–Trinajstić information content (AvgIpc) is 2.91. The minimum Gasteiger partial charge on any atom is -0.393 e. The van der Waals surface area contributed by atoms with Gasteiger partial charge < -0.3 is 20.3 Å². The number of amides is 2. The highest BCUT2D eigenvalue weighted by atomic mass is 35.5. The van der Waals surface area contributed by atoms with E-state index in [4.69, 9.17) is 11.6 Å². The summed E-state index contributed by atoms with van der Waals surface area (Å²) in [6.07, 6.45) is 2.01. The number of nitrogens with zero attached hydrogens (tertiary/aromatic N) is 1. The van der Waals surface area contributed by atoms with E-state index in [1.807, 2.05) is 13.8 Å². The molecule has 0 spiro atoms. The SMILES string of the molecule is Cc1cc(Cl)cc(NC(=O)c2c(C)c(C(=O)C(=O)N[C@]3(C)CC[C@@H](O)CC3)n(C)c2C)c1. The van der Waals surface area contributed by atoms with Crippen LogP contribution >= 0.6 is 11.6 Å². The van der Waals surface area contributed by atoms with Crippen molar-refractivity contribution in [3.8, 4) is 0 Å². The molecule has 0 aliphatic heterocycles. The Kier molecular flexibility index (Phi) is 6.81. The molecule has 2 amide bonds. The minimum absolute atomic E-state index is 0.187. The number of nitrogens with one attached hydrogen (secondary N) is 2. The van der Waals surface area contributed by atoms with E-state index in [0.29, 0.717) is 53.2 Å². The molecular weight excluding hydrogens is 430 g/mol. The summed E-state index contributed by atoms with van der Waals surface area (Å²) in [5.74, 6) is -1.76. The predicted molar refractivity (Wildman–Crippen MR) is 124 cm³/mol. The number of aromatic nitrogens is 1. The van der Waals surface area contributed by atoms with Crippen molar-refractivity contribution < 1.29 is 19.5 Å². The van der Waals surface area contributed by atoms with Gasteiger partial charge in [-0.1, -0.05) is 11.6 Å². The van der Waals surface area contributed by atoms with E-state index in [-0.39, 0.29) is 17.7 Å². The third-order valence-electron chi connectivity index (χ3n) is 6.35. The van der Waals surface area contributed by atoms with Crippen LogP contribution in [0.25, 0.3) is 0 Å². The zero-order valence-corrected chi connectivity index (χ0v) is 19.9. The highest BCUT2D eigenvalue weighted by molar-refractivity contribution is 6.43. The third kappa shape index (κ3) is 4.89. The van der Waals surface area contributed by atoms with Crippen molar-refractivity contribution in [2.45, 2.75) is 65.0 Å². The second-order valence-electron chi connectivity index (χ2n) is 9.04. The molecule has 3 N–H and O–H groups in total. The van der Waals surface area contributed by atoms with E-state index < -0.39 is 17.2 Å². The second-order valence-corrected chi connectivity index (χ2v) is 9.48. The first-order valence-electron chi connectivity index (χ1n) is 10.7. The summed E-state index contributed by atoms with van der Waals surface area (Å²) < 4.78 is 1.59. The minimum atomic E-state index is -0.704. The number of rotatable bonds is 5. The molecule has 0 radical (unpaired) electrons. The Balaban J connectivity index is 1.84. The zero-order chi connectivity index (χ0) is 23.8. The number of carbonyl (C=O) groups excluding carboxylic acids is 3. The fourth-order valence-corrected chi connectivity index (χ4v) is 4.73. The van der Waals surface area contributed by atoms with Crippen LogP contribution < -0.4 is 10.6 Å². The Morgan fingerprint density at radius 2 is 1.75 bits per heavy atom. The first-order chi connectivity index (χ1) is 14.9. The van der Waals surface area contributed by atoms with Gasteiger partial charge in [0.2, 0.25) is 0 Å². The van der Waals surface area contributed by atoms with Crippen LogP contribution in [0.4, 0.5) is 5.69 Å². The average molecular weight is 460 g/mol. The van der Waals surface area contributed by atoms with Crippen LogP contribution in [0.15, 0.2) is 18.2 Å². The Morgan fingerprint density at radius 3 is 2.34 bits per heavy atom. The van der Waals surface area contributed by atoms with Crippen LogP contribution in [0.1, 0.15) is 70.3 Å². The lowest BCUT2D eigenvalue weighted by atomic mass is 9.82. The number of aliphatic hydroxyl groups excluding tert-OH is 1. The zero-order valence-electron chi connectivity index (χ0n) is 19.1. The van der Waals surface area contributed by atoms with Gasteiger partial charge in [-0.2, -0.15) is 0 Å².